The van der Waals surface area contributed by atoms with E-state index in [2.05, 4.69) is 16.9 Å². The number of nitrogens with one attached hydrogen (secondary N) is 2. The number of halogens is 1. The molecule has 0 aliphatic carbocycles. The molecule has 0 radical (unpaired) electrons. The van der Waals surface area contributed by atoms with E-state index < -0.39 is 0 Å². The van der Waals surface area contributed by atoms with Gasteiger partial charge in [0.05, 0.1) is 16.1 Å². The molecule has 0 aliphatic rings. The predicted octanol–water partition coefficient (Wildman–Crippen LogP) is 3.05. The van der Waals surface area contributed by atoms with Crippen molar-refractivity contribution in [3.63, 3.8) is 0 Å². The highest BCUT2D eigenvalue weighted by Crippen LogP contribution is 2.27. The zero-order valence-electron chi connectivity index (χ0n) is 9.51. The van der Waals surface area contributed by atoms with E-state index in [1.807, 2.05) is 19.1 Å². The van der Waals surface area contributed by atoms with Crippen LogP contribution in [0.3, 0.4) is 0 Å². The van der Waals surface area contributed by atoms with Gasteiger partial charge in [-0.1, -0.05) is 29.8 Å². The second-order valence-corrected chi connectivity index (χ2v) is 4.19. The van der Waals surface area contributed by atoms with E-state index in [0.29, 0.717) is 17.1 Å². The molecule has 0 saturated carbocycles. The fraction of sp³-hybridized carbons (Fsp3) is 0.154. The fourth-order valence-corrected chi connectivity index (χ4v) is 2.08. The first-order valence-electron chi connectivity index (χ1n) is 5.31. The molecule has 2 rings (SSSR count). The van der Waals surface area contributed by atoms with Crippen molar-refractivity contribution in [1.82, 2.24) is 10.3 Å². The summed E-state index contributed by atoms with van der Waals surface area (Å²) >= 11 is 6.07. The molecule has 88 valence electrons. The monoisotopic (exact) mass is 248 g/mol. The highest BCUT2D eigenvalue weighted by atomic mass is 35.5. The molecular weight excluding hydrogens is 236 g/mol. The van der Waals surface area contributed by atoms with Crippen LogP contribution in [0.5, 0.6) is 0 Å². The average molecular weight is 249 g/mol. The predicted molar refractivity (Wildman–Crippen MR) is 70.6 cm³/mol. The first-order valence-corrected chi connectivity index (χ1v) is 5.69. The van der Waals surface area contributed by atoms with Crippen LogP contribution in [0.4, 0.5) is 0 Å². The number of carbonyl (C=O) groups is 1. The topological polar surface area (TPSA) is 44.9 Å². The summed E-state index contributed by atoms with van der Waals surface area (Å²) in [6.45, 7) is 5.88. The van der Waals surface area contributed by atoms with Gasteiger partial charge < -0.3 is 10.3 Å². The van der Waals surface area contributed by atoms with E-state index in [0.717, 1.165) is 16.6 Å². The molecule has 0 bridgehead atoms. The molecule has 1 amide bonds. The van der Waals surface area contributed by atoms with Gasteiger partial charge in [-0.3, -0.25) is 4.79 Å². The van der Waals surface area contributed by atoms with Gasteiger partial charge in [0.1, 0.15) is 0 Å². The molecule has 17 heavy (non-hydrogen) atoms. The maximum absolute atomic E-state index is 12.0. The lowest BCUT2D eigenvalue weighted by Gasteiger charge is -2.02. The number of aryl methyl sites for hydroxylation is 1. The maximum atomic E-state index is 12.0. The second-order valence-electron chi connectivity index (χ2n) is 3.79. The number of carbonyl (C=O) groups excluding carboxylic acids is 1. The minimum absolute atomic E-state index is 0.115. The Hall–Kier alpha value is -1.74. The van der Waals surface area contributed by atoms with Gasteiger partial charge in [0.2, 0.25) is 0 Å². The Labute approximate surface area is 104 Å². The van der Waals surface area contributed by atoms with E-state index in [4.69, 9.17) is 11.6 Å². The quantitative estimate of drug-likeness (QED) is 0.806. The summed E-state index contributed by atoms with van der Waals surface area (Å²) in [5, 5.41) is 4.23. The number of amides is 1. The van der Waals surface area contributed by atoms with Crippen LogP contribution in [0.2, 0.25) is 5.02 Å². The van der Waals surface area contributed by atoms with Crippen molar-refractivity contribution in [2.75, 3.05) is 6.54 Å². The van der Waals surface area contributed by atoms with Crippen LogP contribution in [0.25, 0.3) is 10.9 Å². The molecule has 0 saturated heterocycles. The SMILES string of the molecule is C=CCNC(=O)c1c(C)[nH]c2c(Cl)cccc12. The molecule has 0 atom stereocenters. The number of hydrogen-bond donors (Lipinski definition) is 2. The number of rotatable bonds is 3. The van der Waals surface area contributed by atoms with Crippen LogP contribution in [0, 0.1) is 6.92 Å². The molecule has 0 aliphatic heterocycles. The Kier molecular flexibility index (Phi) is 3.20. The maximum Gasteiger partial charge on any atom is 0.253 e. The van der Waals surface area contributed by atoms with Crippen molar-refractivity contribution in [3.8, 4) is 0 Å². The summed E-state index contributed by atoms with van der Waals surface area (Å²) in [4.78, 5) is 15.1. The molecule has 1 aromatic heterocycles. The van der Waals surface area contributed by atoms with Gasteiger partial charge in [-0.25, -0.2) is 0 Å². The number of H-pyrrole nitrogens is 1. The third-order valence-corrected chi connectivity index (χ3v) is 2.92. The fourth-order valence-electron chi connectivity index (χ4n) is 1.86. The molecule has 1 aromatic carbocycles. The van der Waals surface area contributed by atoms with Crippen LogP contribution >= 0.6 is 11.6 Å². The molecular formula is C13H13ClN2O. The van der Waals surface area contributed by atoms with E-state index in [9.17, 15) is 4.79 Å². The highest BCUT2D eigenvalue weighted by molar-refractivity contribution is 6.35. The third-order valence-electron chi connectivity index (χ3n) is 2.60. The Morgan fingerprint density at radius 1 is 1.59 bits per heavy atom. The van der Waals surface area contributed by atoms with Crippen LogP contribution in [-0.4, -0.2) is 17.4 Å². The van der Waals surface area contributed by atoms with Crippen LogP contribution < -0.4 is 5.32 Å². The summed E-state index contributed by atoms with van der Waals surface area (Å²) in [6.07, 6.45) is 1.65. The van der Waals surface area contributed by atoms with Gasteiger partial charge >= 0.3 is 0 Å². The molecule has 3 nitrogen and oxygen atoms in total. The Morgan fingerprint density at radius 3 is 3.06 bits per heavy atom. The largest absolute Gasteiger partial charge is 0.357 e. The smallest absolute Gasteiger partial charge is 0.253 e. The average Bonchev–Trinajstić information content (AvgIpc) is 2.64. The van der Waals surface area contributed by atoms with Crippen molar-refractivity contribution < 1.29 is 4.79 Å². The minimum atomic E-state index is -0.115. The second kappa shape index (κ2) is 4.63. The standard InChI is InChI=1S/C13H13ClN2O/c1-3-7-15-13(17)11-8(2)16-12-9(11)5-4-6-10(12)14/h3-6,16H,1,7H2,2H3,(H,15,17). The Balaban J connectivity index is 2.53. The van der Waals surface area contributed by atoms with Gasteiger partial charge in [-0.2, -0.15) is 0 Å². The number of para-hydroxylation sites is 1. The number of hydrogen-bond acceptors (Lipinski definition) is 1. The van der Waals surface area contributed by atoms with Gasteiger partial charge in [-0.15, -0.1) is 6.58 Å². The van der Waals surface area contributed by atoms with Crippen LogP contribution in [0.1, 0.15) is 16.1 Å². The van der Waals surface area contributed by atoms with Gasteiger partial charge in [-0.05, 0) is 13.0 Å². The Morgan fingerprint density at radius 2 is 2.35 bits per heavy atom. The summed E-state index contributed by atoms with van der Waals surface area (Å²) in [5.41, 5.74) is 2.26. The summed E-state index contributed by atoms with van der Waals surface area (Å²) in [6, 6.07) is 5.51. The van der Waals surface area contributed by atoms with Gasteiger partial charge in [0.15, 0.2) is 0 Å². The summed E-state index contributed by atoms with van der Waals surface area (Å²) in [7, 11) is 0. The van der Waals surface area contributed by atoms with Crippen molar-refractivity contribution in [3.05, 3.63) is 47.1 Å². The first-order chi connectivity index (χ1) is 8.15. The third kappa shape index (κ3) is 2.06. The molecule has 2 N–H and O–H groups in total. The van der Waals surface area contributed by atoms with Crippen molar-refractivity contribution in [2.24, 2.45) is 0 Å². The lowest BCUT2D eigenvalue weighted by Crippen LogP contribution is -2.23. The molecule has 2 aromatic rings. The van der Waals surface area contributed by atoms with E-state index in [1.54, 1.807) is 12.1 Å². The normalized spacial score (nSPS) is 10.5. The molecule has 0 unspecified atom stereocenters. The number of fused-ring (bicyclic) bond motifs is 1. The number of aromatic amines is 1. The zero-order chi connectivity index (χ0) is 12.4. The van der Waals surface area contributed by atoms with E-state index >= 15 is 0 Å². The van der Waals surface area contributed by atoms with E-state index in [-0.39, 0.29) is 5.91 Å². The highest BCUT2D eigenvalue weighted by Gasteiger charge is 2.16. The zero-order valence-corrected chi connectivity index (χ0v) is 10.3. The molecule has 4 heteroatoms. The van der Waals surface area contributed by atoms with Crippen molar-refractivity contribution in [1.29, 1.82) is 0 Å². The first kappa shape index (κ1) is 11.7. The molecule has 1 heterocycles. The van der Waals surface area contributed by atoms with Crippen LogP contribution in [-0.2, 0) is 0 Å². The van der Waals surface area contributed by atoms with Gasteiger partial charge in [0.25, 0.3) is 5.91 Å². The summed E-state index contributed by atoms with van der Waals surface area (Å²) in [5.74, 6) is -0.115. The summed E-state index contributed by atoms with van der Waals surface area (Å²) < 4.78 is 0. The lowest BCUT2D eigenvalue weighted by atomic mass is 10.1. The van der Waals surface area contributed by atoms with Crippen LogP contribution in [0.15, 0.2) is 30.9 Å². The Bertz CT molecular complexity index is 586. The van der Waals surface area contributed by atoms with Crippen molar-refractivity contribution in [2.45, 2.75) is 6.92 Å². The minimum Gasteiger partial charge on any atom is -0.357 e. The lowest BCUT2D eigenvalue weighted by molar-refractivity contribution is 0.0959. The molecule has 0 fully saturated rings. The van der Waals surface area contributed by atoms with E-state index in [1.165, 1.54) is 0 Å². The van der Waals surface area contributed by atoms with Crippen molar-refractivity contribution >= 4 is 28.4 Å². The molecule has 0 spiro atoms. The number of benzene rings is 1. The van der Waals surface area contributed by atoms with Gasteiger partial charge in [0, 0.05) is 17.6 Å². The number of aromatic nitrogens is 1.